The maximum atomic E-state index is 13.5. The molecule has 0 fully saturated rings. The van der Waals surface area contributed by atoms with Crippen molar-refractivity contribution in [3.63, 3.8) is 0 Å². The molecule has 1 amide bonds. The van der Waals surface area contributed by atoms with Gasteiger partial charge in [-0.15, -0.1) is 0 Å². The third-order valence-corrected chi connectivity index (χ3v) is 3.54. The Morgan fingerprint density at radius 3 is 2.46 bits per heavy atom. The number of hydrogen-bond donors (Lipinski definition) is 1. The van der Waals surface area contributed by atoms with Crippen LogP contribution in [0.1, 0.15) is 11.1 Å². The van der Waals surface area contributed by atoms with Crippen molar-refractivity contribution in [3.8, 4) is 11.5 Å². The van der Waals surface area contributed by atoms with E-state index >= 15 is 0 Å². The molecule has 2 aromatic rings. The van der Waals surface area contributed by atoms with E-state index in [4.69, 9.17) is 9.47 Å². The molecular weight excluding hydrogens is 316 g/mol. The van der Waals surface area contributed by atoms with Gasteiger partial charge in [-0.25, -0.2) is 8.78 Å². The summed E-state index contributed by atoms with van der Waals surface area (Å²) in [5.74, 6) is -0.271. The number of halogens is 2. The van der Waals surface area contributed by atoms with Crippen LogP contribution < -0.4 is 14.8 Å². The summed E-state index contributed by atoms with van der Waals surface area (Å²) in [4.78, 5) is 12.0. The smallest absolute Gasteiger partial charge is 0.224 e. The molecule has 0 aliphatic carbocycles. The van der Waals surface area contributed by atoms with Crippen LogP contribution in [0.15, 0.2) is 36.4 Å². The molecule has 2 aromatic carbocycles. The van der Waals surface area contributed by atoms with Crippen LogP contribution in [0.2, 0.25) is 0 Å². The zero-order valence-electron chi connectivity index (χ0n) is 13.6. The minimum atomic E-state index is -0.617. The van der Waals surface area contributed by atoms with E-state index in [9.17, 15) is 13.6 Å². The second-order valence-electron chi connectivity index (χ2n) is 5.20. The number of amides is 1. The van der Waals surface area contributed by atoms with Crippen molar-refractivity contribution >= 4 is 5.91 Å². The van der Waals surface area contributed by atoms with Crippen molar-refractivity contribution in [2.24, 2.45) is 0 Å². The van der Waals surface area contributed by atoms with Crippen LogP contribution in [-0.2, 0) is 17.6 Å². The fourth-order valence-corrected chi connectivity index (χ4v) is 2.30. The second kappa shape index (κ2) is 8.29. The molecule has 4 nitrogen and oxygen atoms in total. The van der Waals surface area contributed by atoms with E-state index < -0.39 is 11.6 Å². The summed E-state index contributed by atoms with van der Waals surface area (Å²) in [6, 6.07) is 8.66. The Balaban J connectivity index is 1.87. The number of rotatable bonds is 7. The molecule has 0 bridgehead atoms. The lowest BCUT2D eigenvalue weighted by molar-refractivity contribution is -0.120. The molecule has 0 radical (unpaired) electrons. The maximum Gasteiger partial charge on any atom is 0.224 e. The van der Waals surface area contributed by atoms with Crippen LogP contribution in [0.3, 0.4) is 0 Å². The minimum Gasteiger partial charge on any atom is -0.493 e. The van der Waals surface area contributed by atoms with E-state index in [1.165, 1.54) is 19.2 Å². The summed E-state index contributed by atoms with van der Waals surface area (Å²) in [7, 11) is 3.07. The monoisotopic (exact) mass is 335 g/mol. The van der Waals surface area contributed by atoms with Gasteiger partial charge in [-0.2, -0.15) is 0 Å². The quantitative estimate of drug-likeness (QED) is 0.846. The number of methoxy groups -OCH3 is 2. The van der Waals surface area contributed by atoms with Crippen LogP contribution in [0.25, 0.3) is 0 Å². The van der Waals surface area contributed by atoms with Crippen molar-refractivity contribution in [1.29, 1.82) is 0 Å². The standard InChI is InChI=1S/C18H19F2NO3/c1-23-16-6-3-12(9-17(16)24-2)10-18(22)21-8-7-13-4-5-14(19)11-15(13)20/h3-6,9,11H,7-8,10H2,1-2H3,(H,21,22). The van der Waals surface area contributed by atoms with Gasteiger partial charge in [0.15, 0.2) is 11.5 Å². The van der Waals surface area contributed by atoms with Gasteiger partial charge in [-0.05, 0) is 35.7 Å². The third-order valence-electron chi connectivity index (χ3n) is 3.54. The molecule has 2 rings (SSSR count). The first-order valence-electron chi connectivity index (χ1n) is 7.45. The van der Waals surface area contributed by atoms with Gasteiger partial charge in [0.1, 0.15) is 11.6 Å². The molecule has 0 heterocycles. The van der Waals surface area contributed by atoms with Gasteiger partial charge in [-0.3, -0.25) is 4.79 Å². The zero-order valence-corrected chi connectivity index (χ0v) is 13.6. The zero-order chi connectivity index (χ0) is 17.5. The van der Waals surface area contributed by atoms with Crippen molar-refractivity contribution in [3.05, 3.63) is 59.2 Å². The van der Waals surface area contributed by atoms with E-state index in [1.54, 1.807) is 25.3 Å². The Hall–Kier alpha value is -2.63. The van der Waals surface area contributed by atoms with E-state index in [1.807, 2.05) is 0 Å². The van der Waals surface area contributed by atoms with E-state index in [0.717, 1.165) is 11.6 Å². The topological polar surface area (TPSA) is 47.6 Å². The number of benzene rings is 2. The normalized spacial score (nSPS) is 10.3. The highest BCUT2D eigenvalue weighted by molar-refractivity contribution is 5.78. The third kappa shape index (κ3) is 4.68. The maximum absolute atomic E-state index is 13.5. The van der Waals surface area contributed by atoms with E-state index in [0.29, 0.717) is 23.5 Å². The fraction of sp³-hybridized carbons (Fsp3) is 0.278. The first-order valence-corrected chi connectivity index (χ1v) is 7.45. The average Bonchev–Trinajstić information content (AvgIpc) is 2.56. The molecule has 128 valence electrons. The van der Waals surface area contributed by atoms with Gasteiger partial charge in [0.2, 0.25) is 5.91 Å². The molecule has 0 saturated carbocycles. The van der Waals surface area contributed by atoms with E-state index in [2.05, 4.69) is 5.32 Å². The summed E-state index contributed by atoms with van der Waals surface area (Å²) in [6.45, 7) is 0.272. The van der Waals surface area contributed by atoms with Crippen molar-refractivity contribution < 1.29 is 23.0 Å². The highest BCUT2D eigenvalue weighted by Gasteiger charge is 2.09. The Bertz CT molecular complexity index is 719. The van der Waals surface area contributed by atoms with Gasteiger partial charge in [-0.1, -0.05) is 12.1 Å². The minimum absolute atomic E-state index is 0.173. The molecule has 0 aliphatic rings. The molecule has 24 heavy (non-hydrogen) atoms. The molecule has 0 spiro atoms. The molecule has 0 aromatic heterocycles. The van der Waals surface area contributed by atoms with Crippen LogP contribution in [0.5, 0.6) is 11.5 Å². The summed E-state index contributed by atoms with van der Waals surface area (Å²) in [6.07, 6.45) is 0.468. The molecule has 0 saturated heterocycles. The van der Waals surface area contributed by atoms with Crippen LogP contribution in [0.4, 0.5) is 8.78 Å². The lowest BCUT2D eigenvalue weighted by Gasteiger charge is -2.10. The van der Waals surface area contributed by atoms with Crippen LogP contribution >= 0.6 is 0 Å². The van der Waals surface area contributed by atoms with Gasteiger partial charge >= 0.3 is 0 Å². The van der Waals surface area contributed by atoms with Gasteiger partial charge < -0.3 is 14.8 Å². The van der Waals surface area contributed by atoms with Gasteiger partial charge in [0.05, 0.1) is 20.6 Å². The molecule has 0 atom stereocenters. The SMILES string of the molecule is COc1ccc(CC(=O)NCCc2ccc(F)cc2F)cc1OC. The molecule has 1 N–H and O–H groups in total. The Kier molecular flexibility index (Phi) is 6.12. The van der Waals surface area contributed by atoms with Crippen LogP contribution in [-0.4, -0.2) is 26.7 Å². The number of hydrogen-bond acceptors (Lipinski definition) is 3. The van der Waals surface area contributed by atoms with Crippen molar-refractivity contribution in [1.82, 2.24) is 5.32 Å². The lowest BCUT2D eigenvalue weighted by atomic mass is 10.1. The molecule has 0 aliphatic heterocycles. The predicted molar refractivity (Wildman–Crippen MR) is 86.3 cm³/mol. The average molecular weight is 335 g/mol. The summed E-state index contributed by atoms with van der Waals surface area (Å²) in [5.41, 5.74) is 1.14. The van der Waals surface area contributed by atoms with Crippen LogP contribution in [0, 0.1) is 11.6 Å². The Morgan fingerprint density at radius 1 is 1.04 bits per heavy atom. The van der Waals surface area contributed by atoms with E-state index in [-0.39, 0.29) is 18.9 Å². The number of nitrogens with one attached hydrogen (secondary N) is 1. The molecule has 6 heteroatoms. The van der Waals surface area contributed by atoms with Crippen molar-refractivity contribution in [2.75, 3.05) is 20.8 Å². The summed E-state index contributed by atoms with van der Waals surface area (Å²) >= 11 is 0. The Morgan fingerprint density at radius 2 is 1.79 bits per heavy atom. The Labute approximate surface area is 139 Å². The first kappa shape index (κ1) is 17.7. The summed E-state index contributed by atoms with van der Waals surface area (Å²) in [5, 5.41) is 2.72. The molecule has 0 unspecified atom stereocenters. The lowest BCUT2D eigenvalue weighted by Crippen LogP contribution is -2.27. The largest absolute Gasteiger partial charge is 0.493 e. The number of ether oxygens (including phenoxy) is 2. The van der Waals surface area contributed by atoms with Gasteiger partial charge in [0, 0.05) is 12.6 Å². The molecular formula is C18H19F2NO3. The number of carbonyl (C=O) groups is 1. The predicted octanol–water partition coefficient (Wildman–Crippen LogP) is 2.88. The summed E-state index contributed by atoms with van der Waals surface area (Å²) < 4.78 is 36.7. The second-order valence-corrected chi connectivity index (χ2v) is 5.20. The first-order chi connectivity index (χ1) is 11.5. The fourth-order valence-electron chi connectivity index (χ4n) is 2.30. The highest BCUT2D eigenvalue weighted by atomic mass is 19.1. The van der Waals surface area contributed by atoms with Gasteiger partial charge in [0.25, 0.3) is 0 Å². The highest BCUT2D eigenvalue weighted by Crippen LogP contribution is 2.27. The van der Waals surface area contributed by atoms with Crippen molar-refractivity contribution in [2.45, 2.75) is 12.8 Å². The number of carbonyl (C=O) groups excluding carboxylic acids is 1.